The average molecular weight is 288 g/mol. The maximum Gasteiger partial charge on any atom is 0.267 e. The number of aromatic amines is 1. The van der Waals surface area contributed by atoms with Crippen molar-refractivity contribution >= 4 is 21.7 Å². The van der Waals surface area contributed by atoms with E-state index in [-0.39, 0.29) is 12.2 Å². The summed E-state index contributed by atoms with van der Waals surface area (Å²) in [5, 5.41) is 8.88. The van der Waals surface area contributed by atoms with Gasteiger partial charge in [0.2, 0.25) is 0 Å². The van der Waals surface area contributed by atoms with Crippen LogP contribution in [0.5, 0.6) is 0 Å². The lowest BCUT2D eigenvalue weighted by Crippen LogP contribution is -2.24. The SMILES string of the molecule is O=c1[nH]cnc(N2CCC(CCO)C2)c1Br. The topological polar surface area (TPSA) is 69.2 Å². The van der Waals surface area contributed by atoms with Crippen LogP contribution in [0.1, 0.15) is 12.8 Å². The molecule has 5 nitrogen and oxygen atoms in total. The molecule has 0 saturated carbocycles. The van der Waals surface area contributed by atoms with Crippen LogP contribution in [-0.2, 0) is 0 Å². The molecule has 1 aliphatic rings. The Kier molecular flexibility index (Phi) is 3.60. The van der Waals surface area contributed by atoms with Crippen molar-refractivity contribution in [2.24, 2.45) is 5.92 Å². The average Bonchev–Trinajstić information content (AvgIpc) is 2.71. The minimum absolute atomic E-state index is 0.157. The molecule has 88 valence electrons. The summed E-state index contributed by atoms with van der Waals surface area (Å²) >= 11 is 3.25. The lowest BCUT2D eigenvalue weighted by atomic mass is 10.1. The fraction of sp³-hybridized carbons (Fsp3) is 0.600. The number of nitrogens with zero attached hydrogens (tertiary/aromatic N) is 2. The number of rotatable bonds is 3. The maximum atomic E-state index is 11.4. The highest BCUT2D eigenvalue weighted by Gasteiger charge is 2.24. The third-order valence-electron chi connectivity index (χ3n) is 2.90. The third kappa shape index (κ3) is 2.27. The minimum Gasteiger partial charge on any atom is -0.396 e. The van der Waals surface area contributed by atoms with Crippen molar-refractivity contribution in [3.63, 3.8) is 0 Å². The van der Waals surface area contributed by atoms with E-state index in [1.807, 2.05) is 0 Å². The molecule has 16 heavy (non-hydrogen) atoms. The number of aliphatic hydroxyl groups excluding tert-OH is 1. The number of hydrogen-bond donors (Lipinski definition) is 2. The van der Waals surface area contributed by atoms with E-state index in [9.17, 15) is 4.79 Å². The largest absolute Gasteiger partial charge is 0.396 e. The molecule has 0 spiro atoms. The summed E-state index contributed by atoms with van der Waals surface area (Å²) < 4.78 is 0.486. The van der Waals surface area contributed by atoms with Crippen LogP contribution in [0, 0.1) is 5.92 Å². The fourth-order valence-corrected chi connectivity index (χ4v) is 2.50. The first-order valence-corrected chi connectivity index (χ1v) is 6.10. The van der Waals surface area contributed by atoms with E-state index >= 15 is 0 Å². The van der Waals surface area contributed by atoms with Crippen LogP contribution in [0.4, 0.5) is 5.82 Å². The Bertz CT molecular complexity index is 421. The van der Waals surface area contributed by atoms with E-state index in [0.29, 0.717) is 16.2 Å². The number of nitrogens with one attached hydrogen (secondary N) is 1. The molecule has 2 rings (SSSR count). The Balaban J connectivity index is 2.14. The maximum absolute atomic E-state index is 11.4. The zero-order chi connectivity index (χ0) is 11.5. The van der Waals surface area contributed by atoms with Gasteiger partial charge in [0.1, 0.15) is 10.3 Å². The second-order valence-electron chi connectivity index (χ2n) is 3.98. The standard InChI is InChI=1S/C10H14BrN3O2/c11-8-9(12-6-13-10(8)16)14-3-1-7(5-14)2-4-15/h6-7,15H,1-5H2,(H,12,13,16). The Morgan fingerprint density at radius 2 is 2.50 bits per heavy atom. The van der Waals surface area contributed by atoms with Gasteiger partial charge in [0, 0.05) is 19.7 Å². The van der Waals surface area contributed by atoms with Crippen LogP contribution in [0.15, 0.2) is 15.6 Å². The van der Waals surface area contributed by atoms with Gasteiger partial charge in [-0.1, -0.05) is 0 Å². The summed E-state index contributed by atoms with van der Waals surface area (Å²) in [5.74, 6) is 1.20. The Hall–Kier alpha value is -0.880. The van der Waals surface area contributed by atoms with Crippen LogP contribution >= 0.6 is 15.9 Å². The van der Waals surface area contributed by atoms with E-state index in [1.165, 1.54) is 6.33 Å². The molecule has 1 aliphatic heterocycles. The van der Waals surface area contributed by atoms with Gasteiger partial charge in [-0.25, -0.2) is 4.98 Å². The molecule has 0 radical (unpaired) electrons. The number of H-pyrrole nitrogens is 1. The van der Waals surface area contributed by atoms with Gasteiger partial charge in [-0.3, -0.25) is 4.79 Å². The van der Waals surface area contributed by atoms with Gasteiger partial charge >= 0.3 is 0 Å². The molecule has 6 heteroatoms. The summed E-state index contributed by atoms with van der Waals surface area (Å²) in [6, 6.07) is 0. The van der Waals surface area contributed by atoms with Crippen LogP contribution in [0.2, 0.25) is 0 Å². The molecular weight excluding hydrogens is 274 g/mol. The zero-order valence-corrected chi connectivity index (χ0v) is 10.4. The van der Waals surface area contributed by atoms with Gasteiger partial charge in [0.25, 0.3) is 5.56 Å². The van der Waals surface area contributed by atoms with E-state index in [2.05, 4.69) is 30.8 Å². The minimum atomic E-state index is -0.157. The molecule has 0 aliphatic carbocycles. The Morgan fingerprint density at radius 3 is 3.25 bits per heavy atom. The molecule has 1 aromatic rings. The summed E-state index contributed by atoms with van der Waals surface area (Å²) in [5.41, 5.74) is -0.157. The number of anilines is 1. The predicted molar refractivity (Wildman–Crippen MR) is 64.6 cm³/mol. The Labute approximate surface area is 102 Å². The molecule has 1 aromatic heterocycles. The summed E-state index contributed by atoms with van der Waals surface area (Å²) in [7, 11) is 0. The first kappa shape index (κ1) is 11.6. The Morgan fingerprint density at radius 1 is 1.69 bits per heavy atom. The molecule has 1 fully saturated rings. The highest BCUT2D eigenvalue weighted by Crippen LogP contribution is 2.27. The van der Waals surface area contributed by atoms with Gasteiger partial charge < -0.3 is 15.0 Å². The second kappa shape index (κ2) is 4.97. The van der Waals surface area contributed by atoms with Gasteiger partial charge in [-0.05, 0) is 34.7 Å². The number of aliphatic hydroxyl groups is 1. The molecule has 0 amide bonds. The first-order valence-electron chi connectivity index (χ1n) is 5.31. The van der Waals surface area contributed by atoms with Gasteiger partial charge in [0.15, 0.2) is 0 Å². The molecule has 2 heterocycles. The van der Waals surface area contributed by atoms with Crippen molar-refractivity contribution < 1.29 is 5.11 Å². The first-order chi connectivity index (χ1) is 7.72. The van der Waals surface area contributed by atoms with Gasteiger partial charge in [-0.2, -0.15) is 0 Å². The van der Waals surface area contributed by atoms with E-state index in [0.717, 1.165) is 25.9 Å². The van der Waals surface area contributed by atoms with Crippen molar-refractivity contribution in [3.8, 4) is 0 Å². The van der Waals surface area contributed by atoms with Crippen LogP contribution in [-0.4, -0.2) is 34.8 Å². The van der Waals surface area contributed by atoms with Crippen molar-refractivity contribution in [3.05, 3.63) is 21.2 Å². The van der Waals surface area contributed by atoms with Crippen molar-refractivity contribution in [2.75, 3.05) is 24.6 Å². The molecule has 1 atom stereocenters. The summed E-state index contributed by atoms with van der Waals surface area (Å²) in [4.78, 5) is 20.2. The summed E-state index contributed by atoms with van der Waals surface area (Å²) in [6.07, 6.45) is 3.28. The monoisotopic (exact) mass is 287 g/mol. The van der Waals surface area contributed by atoms with Crippen LogP contribution in [0.25, 0.3) is 0 Å². The zero-order valence-electron chi connectivity index (χ0n) is 8.82. The highest BCUT2D eigenvalue weighted by molar-refractivity contribution is 9.10. The number of hydrogen-bond acceptors (Lipinski definition) is 4. The third-order valence-corrected chi connectivity index (χ3v) is 3.62. The number of halogens is 1. The lowest BCUT2D eigenvalue weighted by Gasteiger charge is -2.17. The smallest absolute Gasteiger partial charge is 0.267 e. The molecule has 2 N–H and O–H groups in total. The van der Waals surface area contributed by atoms with E-state index in [1.54, 1.807) is 0 Å². The van der Waals surface area contributed by atoms with E-state index < -0.39 is 0 Å². The molecule has 0 bridgehead atoms. The van der Waals surface area contributed by atoms with Crippen molar-refractivity contribution in [2.45, 2.75) is 12.8 Å². The summed E-state index contributed by atoms with van der Waals surface area (Å²) in [6.45, 7) is 1.97. The fourth-order valence-electron chi connectivity index (χ4n) is 2.04. The molecule has 1 unspecified atom stereocenters. The van der Waals surface area contributed by atoms with Crippen LogP contribution in [0.3, 0.4) is 0 Å². The predicted octanol–water partition coefficient (Wildman–Crippen LogP) is 0.741. The second-order valence-corrected chi connectivity index (χ2v) is 4.78. The van der Waals surface area contributed by atoms with Crippen molar-refractivity contribution in [1.82, 2.24) is 9.97 Å². The molecule has 1 saturated heterocycles. The van der Waals surface area contributed by atoms with E-state index in [4.69, 9.17) is 5.11 Å². The highest BCUT2D eigenvalue weighted by atomic mass is 79.9. The normalized spacial score (nSPS) is 20.4. The quantitative estimate of drug-likeness (QED) is 0.861. The molecule has 0 aromatic carbocycles. The molecular formula is C10H14BrN3O2. The van der Waals surface area contributed by atoms with Crippen LogP contribution < -0.4 is 10.5 Å². The number of aromatic nitrogens is 2. The lowest BCUT2D eigenvalue weighted by molar-refractivity contribution is 0.263. The van der Waals surface area contributed by atoms with Crippen molar-refractivity contribution in [1.29, 1.82) is 0 Å². The van der Waals surface area contributed by atoms with Gasteiger partial charge in [0.05, 0.1) is 6.33 Å². The van der Waals surface area contributed by atoms with Gasteiger partial charge in [-0.15, -0.1) is 0 Å².